The molecule has 1 saturated carbocycles. The van der Waals surface area contributed by atoms with Crippen molar-refractivity contribution in [3.8, 4) is 5.69 Å². The van der Waals surface area contributed by atoms with Gasteiger partial charge in [0.25, 0.3) is 0 Å². The Hall–Kier alpha value is -3.02. The third kappa shape index (κ3) is 2.78. The number of rotatable bonds is 4. The van der Waals surface area contributed by atoms with Crippen molar-refractivity contribution in [2.45, 2.75) is 18.8 Å². The molecular weight excluding hydrogens is 302 g/mol. The molecule has 6 nitrogen and oxygen atoms in total. The van der Waals surface area contributed by atoms with E-state index < -0.39 is 0 Å². The number of amides is 1. The van der Waals surface area contributed by atoms with Gasteiger partial charge in [-0.1, -0.05) is 30.3 Å². The molecule has 6 heteroatoms. The minimum Gasteiger partial charge on any atom is -0.326 e. The maximum absolute atomic E-state index is 12.5. The average Bonchev–Trinajstić information content (AvgIpc) is 3.10. The maximum Gasteiger partial charge on any atom is 0.228 e. The van der Waals surface area contributed by atoms with E-state index in [1.165, 1.54) is 11.9 Å². The van der Waals surface area contributed by atoms with E-state index in [2.05, 4.69) is 33.0 Å². The molecule has 24 heavy (non-hydrogen) atoms. The van der Waals surface area contributed by atoms with Gasteiger partial charge >= 0.3 is 0 Å². The lowest BCUT2D eigenvalue weighted by atomic mass is 9.69. The molecule has 2 atom stereocenters. The van der Waals surface area contributed by atoms with Crippen molar-refractivity contribution in [1.82, 2.24) is 20.2 Å². The summed E-state index contributed by atoms with van der Waals surface area (Å²) in [5.74, 6) is 0.462. The van der Waals surface area contributed by atoms with Crippen molar-refractivity contribution in [3.05, 3.63) is 66.5 Å². The normalized spacial score (nSPS) is 19.5. The quantitative estimate of drug-likeness (QED) is 0.802. The van der Waals surface area contributed by atoms with E-state index in [-0.39, 0.29) is 11.8 Å². The number of carbonyl (C=O) groups excluding carboxylic acids is 1. The molecule has 2 unspecified atom stereocenters. The zero-order valence-electron chi connectivity index (χ0n) is 13.0. The highest BCUT2D eigenvalue weighted by Crippen LogP contribution is 2.42. The highest BCUT2D eigenvalue weighted by atomic mass is 16.1. The number of aromatic nitrogens is 4. The summed E-state index contributed by atoms with van der Waals surface area (Å²) in [5, 5.41) is 14.1. The zero-order chi connectivity index (χ0) is 16.4. The molecule has 0 aliphatic heterocycles. The van der Waals surface area contributed by atoms with E-state index in [1.807, 2.05) is 42.5 Å². The summed E-state index contributed by atoms with van der Waals surface area (Å²) in [6.07, 6.45) is 3.54. The molecule has 0 saturated heterocycles. The molecule has 1 heterocycles. The fourth-order valence-electron chi connectivity index (χ4n) is 3.13. The van der Waals surface area contributed by atoms with Gasteiger partial charge in [0.05, 0.1) is 5.69 Å². The topological polar surface area (TPSA) is 72.7 Å². The molecule has 4 rings (SSSR count). The molecule has 1 aliphatic rings. The Morgan fingerprint density at radius 3 is 2.46 bits per heavy atom. The highest BCUT2D eigenvalue weighted by Gasteiger charge is 2.37. The molecular formula is C18H17N5O. The van der Waals surface area contributed by atoms with Crippen LogP contribution in [0.25, 0.3) is 5.69 Å². The third-order valence-corrected chi connectivity index (χ3v) is 4.59. The van der Waals surface area contributed by atoms with Crippen LogP contribution in [0.1, 0.15) is 24.3 Å². The van der Waals surface area contributed by atoms with Crippen LogP contribution in [-0.4, -0.2) is 26.1 Å². The number of carbonyl (C=O) groups is 1. The zero-order valence-corrected chi connectivity index (χ0v) is 13.0. The van der Waals surface area contributed by atoms with Gasteiger partial charge in [0.2, 0.25) is 5.91 Å². The Kier molecular flexibility index (Phi) is 3.78. The van der Waals surface area contributed by atoms with Crippen molar-refractivity contribution >= 4 is 11.6 Å². The lowest BCUT2D eigenvalue weighted by Gasteiger charge is -2.35. The van der Waals surface area contributed by atoms with Gasteiger partial charge in [-0.15, -0.1) is 5.10 Å². The van der Waals surface area contributed by atoms with Gasteiger partial charge in [-0.2, -0.15) is 0 Å². The van der Waals surface area contributed by atoms with Crippen molar-refractivity contribution in [3.63, 3.8) is 0 Å². The van der Waals surface area contributed by atoms with Crippen molar-refractivity contribution in [2.75, 3.05) is 5.32 Å². The van der Waals surface area contributed by atoms with Crippen LogP contribution in [0, 0.1) is 5.92 Å². The summed E-state index contributed by atoms with van der Waals surface area (Å²) in [7, 11) is 0. The number of hydrogen-bond acceptors (Lipinski definition) is 4. The summed E-state index contributed by atoms with van der Waals surface area (Å²) in [4.78, 5) is 12.5. The van der Waals surface area contributed by atoms with Crippen LogP contribution in [0.5, 0.6) is 0 Å². The second-order valence-electron chi connectivity index (χ2n) is 5.99. The smallest absolute Gasteiger partial charge is 0.228 e. The Labute approximate surface area is 139 Å². The van der Waals surface area contributed by atoms with Crippen LogP contribution in [0.15, 0.2) is 60.9 Å². The largest absolute Gasteiger partial charge is 0.326 e. The lowest BCUT2D eigenvalue weighted by Crippen LogP contribution is -2.35. The Bertz CT molecular complexity index is 814. The summed E-state index contributed by atoms with van der Waals surface area (Å²) >= 11 is 0. The molecule has 1 aromatic heterocycles. The standard InChI is InChI=1S/C18H17N5O/c24-18(17-11-10-16(17)13-4-2-1-3-5-13)20-14-6-8-15(9-7-14)23-12-19-21-22-23/h1-9,12,16-17H,10-11H2,(H,20,24). The molecule has 0 bridgehead atoms. The van der Waals surface area contributed by atoms with Crippen molar-refractivity contribution in [2.24, 2.45) is 5.92 Å². The first-order valence-corrected chi connectivity index (χ1v) is 8.00. The molecule has 0 radical (unpaired) electrons. The number of hydrogen-bond donors (Lipinski definition) is 1. The minimum atomic E-state index is 0.0478. The van der Waals surface area contributed by atoms with Gasteiger partial charge < -0.3 is 5.32 Å². The van der Waals surface area contributed by atoms with Crippen LogP contribution >= 0.6 is 0 Å². The van der Waals surface area contributed by atoms with Gasteiger partial charge in [-0.3, -0.25) is 4.79 Å². The minimum absolute atomic E-state index is 0.0478. The number of benzene rings is 2. The molecule has 1 amide bonds. The van der Waals surface area contributed by atoms with E-state index in [1.54, 1.807) is 4.68 Å². The number of nitrogens with zero attached hydrogens (tertiary/aromatic N) is 4. The highest BCUT2D eigenvalue weighted by molar-refractivity contribution is 5.93. The van der Waals surface area contributed by atoms with Crippen molar-refractivity contribution < 1.29 is 4.79 Å². The molecule has 1 N–H and O–H groups in total. The monoisotopic (exact) mass is 319 g/mol. The Balaban J connectivity index is 1.43. The number of anilines is 1. The first-order chi connectivity index (χ1) is 11.8. The van der Waals surface area contributed by atoms with Gasteiger partial charge in [-0.25, -0.2) is 4.68 Å². The van der Waals surface area contributed by atoms with Crippen LogP contribution < -0.4 is 5.32 Å². The number of tetrazole rings is 1. The van der Waals surface area contributed by atoms with Gasteiger partial charge in [-0.05, 0) is 59.0 Å². The summed E-state index contributed by atoms with van der Waals surface area (Å²) in [6, 6.07) is 17.7. The second-order valence-corrected chi connectivity index (χ2v) is 5.99. The summed E-state index contributed by atoms with van der Waals surface area (Å²) in [6.45, 7) is 0. The summed E-state index contributed by atoms with van der Waals surface area (Å²) < 4.78 is 1.57. The predicted octanol–water partition coefficient (Wildman–Crippen LogP) is 2.79. The number of nitrogens with one attached hydrogen (secondary N) is 1. The third-order valence-electron chi connectivity index (χ3n) is 4.59. The molecule has 3 aromatic rings. The van der Waals surface area contributed by atoms with Crippen LogP contribution in [0.2, 0.25) is 0 Å². The first-order valence-electron chi connectivity index (χ1n) is 8.00. The van der Waals surface area contributed by atoms with E-state index >= 15 is 0 Å². The van der Waals surface area contributed by atoms with E-state index in [9.17, 15) is 4.79 Å². The van der Waals surface area contributed by atoms with E-state index in [0.717, 1.165) is 24.2 Å². The SMILES string of the molecule is O=C(Nc1ccc(-n2cnnn2)cc1)C1CCC1c1ccccc1. The van der Waals surface area contributed by atoms with E-state index in [4.69, 9.17) is 0 Å². The lowest BCUT2D eigenvalue weighted by molar-refractivity contribution is -0.123. The van der Waals surface area contributed by atoms with Crippen molar-refractivity contribution in [1.29, 1.82) is 0 Å². The molecule has 2 aromatic carbocycles. The molecule has 0 spiro atoms. The Morgan fingerprint density at radius 1 is 1.04 bits per heavy atom. The average molecular weight is 319 g/mol. The Morgan fingerprint density at radius 2 is 1.83 bits per heavy atom. The van der Waals surface area contributed by atoms with Gasteiger partial charge in [0.1, 0.15) is 6.33 Å². The molecule has 1 fully saturated rings. The fraction of sp³-hybridized carbons (Fsp3) is 0.222. The fourth-order valence-corrected chi connectivity index (χ4v) is 3.13. The van der Waals surface area contributed by atoms with Gasteiger partial charge in [0.15, 0.2) is 0 Å². The maximum atomic E-state index is 12.5. The van der Waals surface area contributed by atoms with Crippen LogP contribution in [0.4, 0.5) is 5.69 Å². The molecule has 120 valence electrons. The summed E-state index contributed by atoms with van der Waals surface area (Å²) in [5.41, 5.74) is 2.89. The van der Waals surface area contributed by atoms with Crippen LogP contribution in [0.3, 0.4) is 0 Å². The van der Waals surface area contributed by atoms with Crippen LogP contribution in [-0.2, 0) is 4.79 Å². The van der Waals surface area contributed by atoms with Gasteiger partial charge in [0, 0.05) is 11.6 Å². The predicted molar refractivity (Wildman–Crippen MR) is 89.7 cm³/mol. The first kappa shape index (κ1) is 14.6. The second kappa shape index (κ2) is 6.23. The van der Waals surface area contributed by atoms with E-state index in [0.29, 0.717) is 5.92 Å². The molecule has 1 aliphatic carbocycles.